The van der Waals surface area contributed by atoms with Gasteiger partial charge in [-0.15, -0.1) is 0 Å². The van der Waals surface area contributed by atoms with Gasteiger partial charge in [-0.3, -0.25) is 9.97 Å². The first-order valence-corrected chi connectivity index (χ1v) is 3.87. The van der Waals surface area contributed by atoms with Crippen molar-refractivity contribution < 1.29 is 0 Å². The van der Waals surface area contributed by atoms with Gasteiger partial charge in [0, 0.05) is 18.9 Å². The molecule has 0 saturated heterocycles. The maximum absolute atomic E-state index is 5.48. The molecule has 0 saturated carbocycles. The third-order valence-corrected chi connectivity index (χ3v) is 1.54. The van der Waals surface area contributed by atoms with E-state index in [1.54, 1.807) is 12.4 Å². The first-order chi connectivity index (χ1) is 5.38. The molecule has 3 nitrogen and oxygen atoms in total. The fourth-order valence-electron chi connectivity index (χ4n) is 1.01. The van der Waals surface area contributed by atoms with Crippen molar-refractivity contribution >= 4 is 0 Å². The van der Waals surface area contributed by atoms with Crippen molar-refractivity contribution in [1.29, 1.82) is 0 Å². The SMILES string of the molecule is CCCc1nccnc1CN. The summed E-state index contributed by atoms with van der Waals surface area (Å²) in [5.41, 5.74) is 7.44. The van der Waals surface area contributed by atoms with E-state index in [1.807, 2.05) is 0 Å². The van der Waals surface area contributed by atoms with Crippen LogP contribution in [0.25, 0.3) is 0 Å². The second kappa shape index (κ2) is 4.03. The Hall–Kier alpha value is -0.960. The van der Waals surface area contributed by atoms with Gasteiger partial charge in [-0.25, -0.2) is 0 Å². The molecule has 0 aliphatic carbocycles. The van der Waals surface area contributed by atoms with Gasteiger partial charge in [-0.05, 0) is 6.42 Å². The molecule has 1 aromatic rings. The third-order valence-electron chi connectivity index (χ3n) is 1.54. The predicted molar refractivity (Wildman–Crippen MR) is 43.9 cm³/mol. The molecule has 0 bridgehead atoms. The zero-order valence-corrected chi connectivity index (χ0v) is 6.75. The van der Waals surface area contributed by atoms with Gasteiger partial charge in [0.15, 0.2) is 0 Å². The highest BCUT2D eigenvalue weighted by molar-refractivity contribution is 5.09. The predicted octanol–water partition coefficient (Wildman–Crippen LogP) is 0.888. The van der Waals surface area contributed by atoms with E-state index in [-0.39, 0.29) is 0 Å². The zero-order valence-electron chi connectivity index (χ0n) is 6.75. The molecule has 0 spiro atoms. The van der Waals surface area contributed by atoms with Gasteiger partial charge >= 0.3 is 0 Å². The molecule has 0 fully saturated rings. The van der Waals surface area contributed by atoms with Crippen molar-refractivity contribution in [2.75, 3.05) is 0 Å². The fraction of sp³-hybridized carbons (Fsp3) is 0.500. The summed E-state index contributed by atoms with van der Waals surface area (Å²) in [4.78, 5) is 8.33. The molecule has 1 rings (SSSR count). The Bertz CT molecular complexity index is 222. The van der Waals surface area contributed by atoms with Gasteiger partial charge in [0.1, 0.15) is 0 Å². The summed E-state index contributed by atoms with van der Waals surface area (Å²) in [5.74, 6) is 0. The second-order valence-electron chi connectivity index (χ2n) is 2.40. The van der Waals surface area contributed by atoms with Gasteiger partial charge in [-0.2, -0.15) is 0 Å². The topological polar surface area (TPSA) is 51.8 Å². The number of hydrogen-bond donors (Lipinski definition) is 1. The quantitative estimate of drug-likeness (QED) is 0.698. The molecule has 0 aliphatic heterocycles. The average Bonchev–Trinajstić information content (AvgIpc) is 2.06. The van der Waals surface area contributed by atoms with E-state index in [1.165, 1.54) is 0 Å². The normalized spacial score (nSPS) is 10.0. The molecule has 0 unspecified atom stereocenters. The lowest BCUT2D eigenvalue weighted by Crippen LogP contribution is -2.05. The van der Waals surface area contributed by atoms with Crippen LogP contribution in [-0.4, -0.2) is 9.97 Å². The smallest absolute Gasteiger partial charge is 0.0754 e. The van der Waals surface area contributed by atoms with Gasteiger partial charge in [0.25, 0.3) is 0 Å². The summed E-state index contributed by atoms with van der Waals surface area (Å²) in [5, 5.41) is 0. The fourth-order valence-corrected chi connectivity index (χ4v) is 1.01. The number of nitrogens with zero attached hydrogens (tertiary/aromatic N) is 2. The minimum absolute atomic E-state index is 0.489. The molecular formula is C8H13N3. The largest absolute Gasteiger partial charge is 0.325 e. The lowest BCUT2D eigenvalue weighted by atomic mass is 10.2. The molecule has 0 radical (unpaired) electrons. The Morgan fingerprint density at radius 1 is 1.27 bits per heavy atom. The molecule has 1 aromatic heterocycles. The Labute approximate surface area is 66.7 Å². The Morgan fingerprint density at radius 3 is 2.45 bits per heavy atom. The zero-order chi connectivity index (χ0) is 8.10. The monoisotopic (exact) mass is 151 g/mol. The van der Waals surface area contributed by atoms with Crippen LogP contribution in [0, 0.1) is 0 Å². The van der Waals surface area contributed by atoms with E-state index in [2.05, 4.69) is 16.9 Å². The van der Waals surface area contributed by atoms with E-state index in [0.717, 1.165) is 24.2 Å². The Morgan fingerprint density at radius 2 is 1.91 bits per heavy atom. The van der Waals surface area contributed by atoms with Crippen molar-refractivity contribution in [3.8, 4) is 0 Å². The first kappa shape index (κ1) is 8.14. The van der Waals surface area contributed by atoms with Crippen LogP contribution in [0.2, 0.25) is 0 Å². The second-order valence-corrected chi connectivity index (χ2v) is 2.40. The van der Waals surface area contributed by atoms with Gasteiger partial charge < -0.3 is 5.73 Å². The van der Waals surface area contributed by atoms with Crippen LogP contribution in [0.1, 0.15) is 24.7 Å². The number of rotatable bonds is 3. The standard InChI is InChI=1S/C8H13N3/c1-2-3-7-8(6-9)11-5-4-10-7/h4-5H,2-3,6,9H2,1H3. The average molecular weight is 151 g/mol. The Kier molecular flexibility index (Phi) is 2.98. The minimum Gasteiger partial charge on any atom is -0.325 e. The van der Waals surface area contributed by atoms with E-state index in [0.29, 0.717) is 6.54 Å². The summed E-state index contributed by atoms with van der Waals surface area (Å²) in [6.45, 7) is 2.61. The van der Waals surface area contributed by atoms with Crippen molar-refractivity contribution in [2.24, 2.45) is 5.73 Å². The van der Waals surface area contributed by atoms with Crippen LogP contribution < -0.4 is 5.73 Å². The van der Waals surface area contributed by atoms with Crippen molar-refractivity contribution in [2.45, 2.75) is 26.3 Å². The van der Waals surface area contributed by atoms with E-state index < -0.39 is 0 Å². The minimum atomic E-state index is 0.489. The molecule has 1 heterocycles. The first-order valence-electron chi connectivity index (χ1n) is 3.87. The molecule has 11 heavy (non-hydrogen) atoms. The van der Waals surface area contributed by atoms with Crippen LogP contribution in [0.15, 0.2) is 12.4 Å². The van der Waals surface area contributed by atoms with Crippen LogP contribution in [-0.2, 0) is 13.0 Å². The molecular weight excluding hydrogens is 138 g/mol. The highest BCUT2D eigenvalue weighted by Gasteiger charge is 1.99. The van der Waals surface area contributed by atoms with Gasteiger partial charge in [0.05, 0.1) is 11.4 Å². The van der Waals surface area contributed by atoms with Gasteiger partial charge in [0.2, 0.25) is 0 Å². The molecule has 2 N–H and O–H groups in total. The van der Waals surface area contributed by atoms with Gasteiger partial charge in [-0.1, -0.05) is 13.3 Å². The number of hydrogen-bond acceptors (Lipinski definition) is 3. The van der Waals surface area contributed by atoms with Crippen molar-refractivity contribution in [1.82, 2.24) is 9.97 Å². The lowest BCUT2D eigenvalue weighted by Gasteiger charge is -2.01. The molecule has 3 heteroatoms. The molecule has 0 aromatic carbocycles. The third kappa shape index (κ3) is 1.98. The summed E-state index contributed by atoms with van der Waals surface area (Å²) < 4.78 is 0. The van der Waals surface area contributed by atoms with E-state index in [9.17, 15) is 0 Å². The molecule has 0 atom stereocenters. The maximum Gasteiger partial charge on any atom is 0.0754 e. The van der Waals surface area contributed by atoms with Crippen molar-refractivity contribution in [3.05, 3.63) is 23.8 Å². The number of aromatic nitrogens is 2. The highest BCUT2D eigenvalue weighted by Crippen LogP contribution is 2.02. The summed E-state index contributed by atoms with van der Waals surface area (Å²) in [6, 6.07) is 0. The van der Waals surface area contributed by atoms with Crippen LogP contribution in [0.5, 0.6) is 0 Å². The summed E-state index contributed by atoms with van der Waals surface area (Å²) >= 11 is 0. The summed E-state index contributed by atoms with van der Waals surface area (Å²) in [6.07, 6.45) is 5.46. The molecule has 0 amide bonds. The molecule has 0 aliphatic rings. The van der Waals surface area contributed by atoms with E-state index >= 15 is 0 Å². The lowest BCUT2D eigenvalue weighted by molar-refractivity contribution is 0.823. The Balaban J connectivity index is 2.83. The van der Waals surface area contributed by atoms with Crippen LogP contribution in [0.4, 0.5) is 0 Å². The number of aryl methyl sites for hydroxylation is 1. The number of nitrogens with two attached hydrogens (primary N) is 1. The van der Waals surface area contributed by atoms with Crippen molar-refractivity contribution in [3.63, 3.8) is 0 Å². The summed E-state index contributed by atoms with van der Waals surface area (Å²) in [7, 11) is 0. The van der Waals surface area contributed by atoms with E-state index in [4.69, 9.17) is 5.73 Å². The maximum atomic E-state index is 5.48. The van der Waals surface area contributed by atoms with Crippen LogP contribution in [0.3, 0.4) is 0 Å². The highest BCUT2D eigenvalue weighted by atomic mass is 14.8. The van der Waals surface area contributed by atoms with Crippen LogP contribution >= 0.6 is 0 Å². The molecule has 60 valence electrons.